The van der Waals surface area contributed by atoms with Crippen molar-refractivity contribution in [2.24, 2.45) is 0 Å². The van der Waals surface area contributed by atoms with Crippen LogP contribution in [0.25, 0.3) is 0 Å². The van der Waals surface area contributed by atoms with Crippen LogP contribution in [0.2, 0.25) is 0 Å². The second-order valence-corrected chi connectivity index (χ2v) is 6.79. The third-order valence-corrected chi connectivity index (χ3v) is 4.80. The molecule has 0 radical (unpaired) electrons. The first-order chi connectivity index (χ1) is 11.6. The van der Waals surface area contributed by atoms with Gasteiger partial charge in [0.25, 0.3) is 0 Å². The summed E-state index contributed by atoms with van der Waals surface area (Å²) in [5, 5.41) is 18.9. The number of aromatic nitrogens is 1. The maximum absolute atomic E-state index is 11.8. The van der Waals surface area contributed by atoms with Gasteiger partial charge >= 0.3 is 6.03 Å². The molecule has 130 valence electrons. The zero-order chi connectivity index (χ0) is 17.4. The number of aryl methyl sites for hydroxylation is 3. The third kappa shape index (κ3) is 5.94. The van der Waals surface area contributed by atoms with E-state index in [2.05, 4.69) is 21.0 Å². The smallest absolute Gasteiger partial charge is 0.314 e. The topological polar surface area (TPSA) is 74.2 Å². The molecule has 0 aliphatic carbocycles. The molecule has 0 saturated carbocycles. The maximum Gasteiger partial charge on any atom is 0.314 e. The lowest BCUT2D eigenvalue weighted by atomic mass is 10.0. The molecule has 2 amide bonds. The highest BCUT2D eigenvalue weighted by molar-refractivity contribution is 7.09. The number of amides is 2. The first-order valence-corrected chi connectivity index (χ1v) is 9.10. The highest BCUT2D eigenvalue weighted by atomic mass is 32.1. The number of aliphatic hydroxyl groups is 1. The van der Waals surface area contributed by atoms with Gasteiger partial charge in [-0.05, 0) is 44.2 Å². The lowest BCUT2D eigenvalue weighted by Crippen LogP contribution is -2.38. The van der Waals surface area contributed by atoms with E-state index in [4.69, 9.17) is 0 Å². The number of nitrogens with zero attached hydrogens (tertiary/aromatic N) is 1. The van der Waals surface area contributed by atoms with Crippen LogP contribution in [0.1, 0.15) is 40.8 Å². The zero-order valence-corrected chi connectivity index (χ0v) is 15.0. The van der Waals surface area contributed by atoms with Crippen LogP contribution in [0.15, 0.2) is 29.6 Å². The van der Waals surface area contributed by atoms with Crippen molar-refractivity contribution >= 4 is 17.4 Å². The van der Waals surface area contributed by atoms with Gasteiger partial charge in [-0.15, -0.1) is 11.3 Å². The molecule has 2 aromatic rings. The van der Waals surface area contributed by atoms with Gasteiger partial charge in [0, 0.05) is 24.2 Å². The summed E-state index contributed by atoms with van der Waals surface area (Å²) in [6.07, 6.45) is 2.17. The average Bonchev–Trinajstić information content (AvgIpc) is 2.98. The second-order valence-electron chi connectivity index (χ2n) is 5.85. The van der Waals surface area contributed by atoms with Crippen LogP contribution in [-0.2, 0) is 6.42 Å². The summed E-state index contributed by atoms with van der Waals surface area (Å²) in [6, 6.07) is 7.39. The minimum Gasteiger partial charge on any atom is -0.387 e. The van der Waals surface area contributed by atoms with Crippen molar-refractivity contribution in [1.82, 2.24) is 15.6 Å². The van der Waals surface area contributed by atoms with Crippen molar-refractivity contribution in [1.29, 1.82) is 0 Å². The minimum atomic E-state index is -0.690. The summed E-state index contributed by atoms with van der Waals surface area (Å²) in [6.45, 7) is 4.77. The summed E-state index contributed by atoms with van der Waals surface area (Å²) in [5.41, 5.74) is 2.93. The van der Waals surface area contributed by atoms with Crippen LogP contribution in [0.4, 0.5) is 4.79 Å². The fraction of sp³-hybridized carbons (Fsp3) is 0.444. The number of aliphatic hydroxyl groups excluding tert-OH is 1. The van der Waals surface area contributed by atoms with E-state index < -0.39 is 6.10 Å². The van der Waals surface area contributed by atoms with Gasteiger partial charge < -0.3 is 15.7 Å². The Hall–Kier alpha value is -1.92. The van der Waals surface area contributed by atoms with Crippen LogP contribution in [0, 0.1) is 13.8 Å². The first-order valence-electron chi connectivity index (χ1n) is 8.22. The SMILES string of the molecule is Cc1csc(CCCCNC(=O)NCC(O)c2ccccc2C)n1. The Morgan fingerprint density at radius 3 is 2.75 bits per heavy atom. The fourth-order valence-corrected chi connectivity index (χ4v) is 3.26. The number of hydrogen-bond donors (Lipinski definition) is 3. The van der Waals surface area contributed by atoms with Gasteiger partial charge in [-0.1, -0.05) is 24.3 Å². The Morgan fingerprint density at radius 2 is 2.04 bits per heavy atom. The molecule has 0 aliphatic heterocycles. The Kier molecular flexibility index (Phi) is 7.21. The molecule has 1 heterocycles. The van der Waals surface area contributed by atoms with E-state index in [9.17, 15) is 9.90 Å². The Morgan fingerprint density at radius 1 is 1.25 bits per heavy atom. The highest BCUT2D eigenvalue weighted by Crippen LogP contribution is 2.16. The number of carbonyl (C=O) groups excluding carboxylic acids is 1. The third-order valence-electron chi connectivity index (χ3n) is 3.77. The summed E-state index contributed by atoms with van der Waals surface area (Å²) >= 11 is 1.69. The standard InChI is InChI=1S/C18H25N3O2S/c1-13-7-3-4-8-15(13)16(22)11-20-18(23)19-10-6-5-9-17-21-14(2)12-24-17/h3-4,7-8,12,16,22H,5-6,9-11H2,1-2H3,(H2,19,20,23). The van der Waals surface area contributed by atoms with Crippen molar-refractivity contribution in [2.45, 2.75) is 39.2 Å². The highest BCUT2D eigenvalue weighted by Gasteiger charge is 2.11. The average molecular weight is 347 g/mol. The van der Waals surface area contributed by atoms with Crippen LogP contribution in [0.5, 0.6) is 0 Å². The van der Waals surface area contributed by atoms with Crippen LogP contribution in [0.3, 0.4) is 0 Å². The van der Waals surface area contributed by atoms with Crippen molar-refractivity contribution in [3.63, 3.8) is 0 Å². The van der Waals surface area contributed by atoms with Gasteiger partial charge in [0.2, 0.25) is 0 Å². The molecule has 24 heavy (non-hydrogen) atoms. The van der Waals surface area contributed by atoms with E-state index >= 15 is 0 Å². The molecular formula is C18H25N3O2S. The number of rotatable bonds is 8. The second kappa shape index (κ2) is 9.39. The summed E-state index contributed by atoms with van der Waals surface area (Å²) in [5.74, 6) is 0. The van der Waals surface area contributed by atoms with Crippen molar-refractivity contribution < 1.29 is 9.90 Å². The molecule has 0 saturated heterocycles. The molecular weight excluding hydrogens is 322 g/mol. The molecule has 6 heteroatoms. The normalized spacial score (nSPS) is 12.0. The van der Waals surface area contributed by atoms with Crippen molar-refractivity contribution in [3.05, 3.63) is 51.5 Å². The van der Waals surface area contributed by atoms with Gasteiger partial charge in [0.15, 0.2) is 0 Å². The number of unbranched alkanes of at least 4 members (excludes halogenated alkanes) is 1. The molecule has 0 aliphatic rings. The summed E-state index contributed by atoms with van der Waals surface area (Å²) in [7, 11) is 0. The monoisotopic (exact) mass is 347 g/mol. The molecule has 1 aromatic carbocycles. The van der Waals surface area contributed by atoms with Gasteiger partial charge in [0.1, 0.15) is 0 Å². The molecule has 0 bridgehead atoms. The van der Waals surface area contributed by atoms with Crippen molar-refractivity contribution in [3.8, 4) is 0 Å². The van der Waals surface area contributed by atoms with Gasteiger partial charge in [-0.3, -0.25) is 0 Å². The maximum atomic E-state index is 11.8. The minimum absolute atomic E-state index is 0.203. The lowest BCUT2D eigenvalue weighted by Gasteiger charge is -2.15. The number of carbonyl (C=O) groups is 1. The molecule has 0 fully saturated rings. The van der Waals surface area contributed by atoms with Crippen LogP contribution < -0.4 is 10.6 Å². The van der Waals surface area contributed by atoms with E-state index in [-0.39, 0.29) is 12.6 Å². The fourth-order valence-electron chi connectivity index (χ4n) is 2.44. The Balaban J connectivity index is 1.59. The number of benzene rings is 1. The van der Waals surface area contributed by atoms with Gasteiger partial charge in [-0.25, -0.2) is 9.78 Å². The van der Waals surface area contributed by atoms with E-state index in [0.29, 0.717) is 6.54 Å². The number of thiazole rings is 1. The molecule has 5 nitrogen and oxygen atoms in total. The predicted octanol–water partition coefficient (Wildman–Crippen LogP) is 3.12. The largest absolute Gasteiger partial charge is 0.387 e. The molecule has 3 N–H and O–H groups in total. The summed E-state index contributed by atoms with van der Waals surface area (Å²) < 4.78 is 0. The van der Waals surface area contributed by atoms with Gasteiger partial charge in [-0.2, -0.15) is 0 Å². The lowest BCUT2D eigenvalue weighted by molar-refractivity contribution is 0.172. The number of urea groups is 1. The quantitative estimate of drug-likeness (QED) is 0.642. The van der Waals surface area contributed by atoms with E-state index in [0.717, 1.165) is 41.1 Å². The Labute approximate surface area is 147 Å². The Bertz CT molecular complexity index is 657. The zero-order valence-electron chi connectivity index (χ0n) is 14.2. The van der Waals surface area contributed by atoms with E-state index in [1.807, 2.05) is 38.1 Å². The van der Waals surface area contributed by atoms with Gasteiger partial charge in [0.05, 0.1) is 11.1 Å². The van der Waals surface area contributed by atoms with E-state index in [1.165, 1.54) is 0 Å². The number of nitrogens with one attached hydrogen (secondary N) is 2. The molecule has 1 unspecified atom stereocenters. The predicted molar refractivity (Wildman–Crippen MR) is 97.3 cm³/mol. The summed E-state index contributed by atoms with van der Waals surface area (Å²) in [4.78, 5) is 16.2. The first kappa shape index (κ1) is 18.4. The number of hydrogen-bond acceptors (Lipinski definition) is 4. The molecule has 1 aromatic heterocycles. The molecule has 0 spiro atoms. The van der Waals surface area contributed by atoms with Crippen LogP contribution >= 0.6 is 11.3 Å². The van der Waals surface area contributed by atoms with Crippen LogP contribution in [-0.4, -0.2) is 29.2 Å². The van der Waals surface area contributed by atoms with Crippen molar-refractivity contribution in [2.75, 3.05) is 13.1 Å². The van der Waals surface area contributed by atoms with E-state index in [1.54, 1.807) is 11.3 Å². The molecule has 1 atom stereocenters. The molecule has 2 rings (SSSR count).